The number of amides is 1. The number of benzene rings is 1. The zero-order chi connectivity index (χ0) is 28.0. The van der Waals surface area contributed by atoms with Crippen LogP contribution in [0.2, 0.25) is 0 Å². The number of aromatic nitrogens is 4. The number of carbonyl (C=O) groups is 1. The van der Waals surface area contributed by atoms with Gasteiger partial charge >= 0.3 is 6.09 Å². The molecular formula is C31H31N5O5. The van der Waals surface area contributed by atoms with Gasteiger partial charge in [-0.05, 0) is 62.6 Å². The lowest BCUT2D eigenvalue weighted by atomic mass is 10.1. The third kappa shape index (κ3) is 6.65. The Morgan fingerprint density at radius 3 is 2.63 bits per heavy atom. The molecule has 1 aromatic carbocycles. The highest BCUT2D eigenvalue weighted by Gasteiger charge is 2.23. The van der Waals surface area contributed by atoms with E-state index < -0.39 is 0 Å². The molecule has 210 valence electrons. The molecule has 0 aliphatic carbocycles. The van der Waals surface area contributed by atoms with Crippen LogP contribution in [0, 0.1) is 11.8 Å². The second kappa shape index (κ2) is 12.4. The van der Waals surface area contributed by atoms with Crippen molar-refractivity contribution in [3.8, 4) is 23.2 Å². The Hall–Kier alpha value is -4.46. The number of rotatable bonds is 8. The number of hydrogen-bond acceptors (Lipinski definition) is 8. The van der Waals surface area contributed by atoms with Gasteiger partial charge in [-0.2, -0.15) is 0 Å². The van der Waals surface area contributed by atoms with Crippen molar-refractivity contribution in [3.63, 3.8) is 0 Å². The number of nitrogens with zero attached hydrogens (tertiary/aromatic N) is 5. The van der Waals surface area contributed by atoms with Crippen LogP contribution in [0.15, 0.2) is 65.6 Å². The van der Waals surface area contributed by atoms with Crippen molar-refractivity contribution in [2.45, 2.75) is 51.7 Å². The predicted molar refractivity (Wildman–Crippen MR) is 148 cm³/mol. The first-order valence-corrected chi connectivity index (χ1v) is 13.8. The second-order valence-electron chi connectivity index (χ2n) is 10.1. The molecule has 0 radical (unpaired) electrons. The fourth-order valence-electron chi connectivity index (χ4n) is 4.84. The molecule has 0 N–H and O–H groups in total. The molecule has 0 spiro atoms. The van der Waals surface area contributed by atoms with E-state index in [0.29, 0.717) is 32.0 Å². The summed E-state index contributed by atoms with van der Waals surface area (Å²) in [6.07, 6.45) is 7.85. The molecule has 3 aromatic heterocycles. The highest BCUT2D eigenvalue weighted by Crippen LogP contribution is 2.25. The van der Waals surface area contributed by atoms with Gasteiger partial charge in [-0.1, -0.05) is 17.0 Å². The predicted octanol–water partition coefficient (Wildman–Crippen LogP) is 4.94. The fourth-order valence-corrected chi connectivity index (χ4v) is 4.84. The van der Waals surface area contributed by atoms with E-state index in [4.69, 9.17) is 18.7 Å². The minimum absolute atomic E-state index is 0.180. The van der Waals surface area contributed by atoms with Crippen LogP contribution < -0.4 is 0 Å². The first-order valence-electron chi connectivity index (χ1n) is 13.8. The van der Waals surface area contributed by atoms with E-state index >= 15 is 0 Å². The standard InChI is InChI=1S/C31H31N5O5/c1-22(40-29-4-2-3-16-38-29)30-32-13-14-35(30)21-27-18-28(41-34-27)25-10-7-23(8-11-25)5-6-24-9-12-26(33-19-24)20-36-15-17-39-31(36)37/h7-14,18-19,22,29H,2-4,15-17,20-21H2,1H3/t22-,29?/m0/s1. The van der Waals surface area contributed by atoms with E-state index in [1.165, 1.54) is 0 Å². The molecule has 10 heteroatoms. The number of pyridine rings is 1. The zero-order valence-corrected chi connectivity index (χ0v) is 22.9. The number of hydrogen-bond donors (Lipinski definition) is 0. The summed E-state index contributed by atoms with van der Waals surface area (Å²) in [5, 5.41) is 4.27. The first-order chi connectivity index (χ1) is 20.1. The van der Waals surface area contributed by atoms with Gasteiger partial charge in [-0.25, -0.2) is 9.78 Å². The van der Waals surface area contributed by atoms with E-state index in [2.05, 4.69) is 27.0 Å². The van der Waals surface area contributed by atoms with Crippen LogP contribution in [-0.4, -0.2) is 56.7 Å². The van der Waals surface area contributed by atoms with Crippen molar-refractivity contribution < 1.29 is 23.5 Å². The lowest BCUT2D eigenvalue weighted by Crippen LogP contribution is -2.24. The Morgan fingerprint density at radius 1 is 1.02 bits per heavy atom. The van der Waals surface area contributed by atoms with Gasteiger partial charge in [0.05, 0.1) is 25.3 Å². The van der Waals surface area contributed by atoms with Crippen LogP contribution in [0.25, 0.3) is 11.3 Å². The number of cyclic esters (lactones) is 1. The van der Waals surface area contributed by atoms with Crippen LogP contribution in [0.5, 0.6) is 0 Å². The zero-order valence-electron chi connectivity index (χ0n) is 22.9. The molecule has 5 heterocycles. The molecule has 1 unspecified atom stereocenters. The maximum atomic E-state index is 11.6. The topological polar surface area (TPSA) is 105 Å². The average molecular weight is 554 g/mol. The Morgan fingerprint density at radius 2 is 1.88 bits per heavy atom. The van der Waals surface area contributed by atoms with E-state index in [1.54, 1.807) is 17.3 Å². The molecule has 0 bridgehead atoms. The van der Waals surface area contributed by atoms with Crippen molar-refractivity contribution in [3.05, 3.63) is 89.4 Å². The highest BCUT2D eigenvalue weighted by molar-refractivity contribution is 5.69. The molecule has 2 aliphatic rings. The molecule has 2 atom stereocenters. The maximum absolute atomic E-state index is 11.6. The Labute approximate surface area is 238 Å². The van der Waals surface area contributed by atoms with Gasteiger partial charge in [-0.15, -0.1) is 0 Å². The van der Waals surface area contributed by atoms with Crippen molar-refractivity contribution in [2.75, 3.05) is 19.8 Å². The average Bonchev–Trinajstić information content (AvgIpc) is 3.76. The van der Waals surface area contributed by atoms with E-state index in [0.717, 1.165) is 59.8 Å². The summed E-state index contributed by atoms with van der Waals surface area (Å²) in [6.45, 7) is 4.71. The smallest absolute Gasteiger partial charge is 0.410 e. The molecule has 6 rings (SSSR count). The highest BCUT2D eigenvalue weighted by atomic mass is 16.7. The van der Waals surface area contributed by atoms with Gasteiger partial charge in [0.1, 0.15) is 24.2 Å². The van der Waals surface area contributed by atoms with Gasteiger partial charge in [0.15, 0.2) is 12.1 Å². The molecule has 2 aliphatic heterocycles. The largest absolute Gasteiger partial charge is 0.448 e. The van der Waals surface area contributed by atoms with Crippen molar-refractivity contribution in [1.29, 1.82) is 0 Å². The molecule has 4 aromatic rings. The van der Waals surface area contributed by atoms with Gasteiger partial charge < -0.3 is 23.3 Å². The minimum Gasteiger partial charge on any atom is -0.448 e. The molecular weight excluding hydrogens is 522 g/mol. The van der Waals surface area contributed by atoms with Gasteiger partial charge in [-0.3, -0.25) is 9.88 Å². The van der Waals surface area contributed by atoms with Crippen LogP contribution in [0.1, 0.15) is 60.6 Å². The van der Waals surface area contributed by atoms with Gasteiger partial charge in [0.2, 0.25) is 0 Å². The van der Waals surface area contributed by atoms with E-state index in [-0.39, 0.29) is 18.5 Å². The van der Waals surface area contributed by atoms with Gasteiger partial charge in [0.25, 0.3) is 0 Å². The summed E-state index contributed by atoms with van der Waals surface area (Å²) in [6, 6.07) is 13.6. The third-order valence-corrected chi connectivity index (χ3v) is 7.04. The summed E-state index contributed by atoms with van der Waals surface area (Å²) in [5.74, 6) is 7.82. The SMILES string of the molecule is C[C@H](OC1CCCCO1)c1nccn1Cc1cc(-c2ccc(C#Cc3ccc(CN4CCOC4=O)nc3)cc2)on1. The fraction of sp³-hybridized carbons (Fsp3) is 0.355. The summed E-state index contributed by atoms with van der Waals surface area (Å²) in [4.78, 5) is 22.2. The Balaban J connectivity index is 1.05. The second-order valence-corrected chi connectivity index (χ2v) is 10.1. The quantitative estimate of drug-likeness (QED) is 0.283. The minimum atomic E-state index is -0.297. The molecule has 10 nitrogen and oxygen atoms in total. The molecule has 2 saturated heterocycles. The Kier molecular flexibility index (Phi) is 8.07. The number of imidazole rings is 1. The van der Waals surface area contributed by atoms with Crippen molar-refractivity contribution in [2.24, 2.45) is 0 Å². The normalized spacial score (nSPS) is 17.6. The van der Waals surface area contributed by atoms with E-state index in [9.17, 15) is 4.79 Å². The lowest BCUT2D eigenvalue weighted by Gasteiger charge is -2.26. The van der Waals surface area contributed by atoms with Crippen LogP contribution in [-0.2, 0) is 27.3 Å². The number of ether oxygens (including phenoxy) is 3. The summed E-state index contributed by atoms with van der Waals surface area (Å²) in [5.41, 5.74) is 4.17. The van der Waals surface area contributed by atoms with Crippen molar-refractivity contribution >= 4 is 6.09 Å². The first kappa shape index (κ1) is 26.7. The summed E-state index contributed by atoms with van der Waals surface area (Å²) < 4.78 is 24.4. The summed E-state index contributed by atoms with van der Waals surface area (Å²) >= 11 is 0. The maximum Gasteiger partial charge on any atom is 0.410 e. The number of carbonyl (C=O) groups excluding carboxylic acids is 1. The molecule has 2 fully saturated rings. The van der Waals surface area contributed by atoms with Gasteiger partial charge in [0, 0.05) is 48.0 Å². The monoisotopic (exact) mass is 553 g/mol. The third-order valence-electron chi connectivity index (χ3n) is 7.04. The molecule has 0 saturated carbocycles. The van der Waals surface area contributed by atoms with Crippen LogP contribution in [0.4, 0.5) is 4.79 Å². The Bertz CT molecular complexity index is 1530. The van der Waals surface area contributed by atoms with Crippen LogP contribution in [0.3, 0.4) is 0 Å². The summed E-state index contributed by atoms with van der Waals surface area (Å²) in [7, 11) is 0. The van der Waals surface area contributed by atoms with Crippen LogP contribution >= 0.6 is 0 Å². The molecule has 1 amide bonds. The van der Waals surface area contributed by atoms with Crippen molar-refractivity contribution in [1.82, 2.24) is 24.6 Å². The molecule has 41 heavy (non-hydrogen) atoms. The van der Waals surface area contributed by atoms with E-state index in [1.807, 2.05) is 60.2 Å². The lowest BCUT2D eigenvalue weighted by molar-refractivity contribution is -0.188.